The number of aryl methyl sites for hydroxylation is 2. The van der Waals surface area contributed by atoms with Crippen LogP contribution in [-0.4, -0.2) is 40.3 Å². The molecular weight excluding hydrogens is 509 g/mol. The molecule has 2 aliphatic carbocycles. The predicted octanol–water partition coefficient (Wildman–Crippen LogP) is 5.59. The minimum atomic E-state index is 0.194. The number of halogens is 3. The third kappa shape index (κ3) is 8.16. The Balaban J connectivity index is 0.000000136. The van der Waals surface area contributed by atoms with Crippen LogP contribution in [0.25, 0.3) is 0 Å². The van der Waals surface area contributed by atoms with Gasteiger partial charge in [-0.1, -0.05) is 11.6 Å². The number of aromatic nitrogens is 8. The minimum Gasteiger partial charge on any atom is -0.382 e. The number of aromatic amines is 2. The van der Waals surface area contributed by atoms with Crippen LogP contribution in [0.4, 0.5) is 5.82 Å². The van der Waals surface area contributed by atoms with Gasteiger partial charge in [-0.2, -0.15) is 10.2 Å². The van der Waals surface area contributed by atoms with Gasteiger partial charge in [0.1, 0.15) is 11.0 Å². The number of nitrogens with two attached hydrogens (primary N) is 1. The minimum absolute atomic E-state index is 0.194. The Labute approximate surface area is 218 Å². The van der Waals surface area contributed by atoms with E-state index in [1.807, 2.05) is 19.1 Å². The Morgan fingerprint density at radius 3 is 2.00 bits per heavy atom. The highest BCUT2D eigenvalue weighted by atomic mass is 35.5. The maximum Gasteiger partial charge on any atom is 0.223 e. The molecule has 0 saturated heterocycles. The van der Waals surface area contributed by atoms with Gasteiger partial charge >= 0.3 is 0 Å². The molecule has 2 aliphatic rings. The average Bonchev–Trinajstić information content (AvgIpc) is 3.70. The lowest BCUT2D eigenvalue weighted by Crippen LogP contribution is -1.96. The summed E-state index contributed by atoms with van der Waals surface area (Å²) in [4.78, 5) is 15.7. The number of H-pyrrole nitrogens is 2. The van der Waals surface area contributed by atoms with Crippen molar-refractivity contribution in [3.05, 3.63) is 74.1 Å². The largest absolute Gasteiger partial charge is 0.382 e. The highest BCUT2D eigenvalue weighted by Crippen LogP contribution is 2.39. The molecule has 0 amide bonds. The first kappa shape index (κ1) is 25.3. The molecule has 0 unspecified atom stereocenters. The average molecular weight is 535 g/mol. The summed E-state index contributed by atoms with van der Waals surface area (Å²) in [5, 5.41) is 15.0. The molecule has 2 fully saturated rings. The van der Waals surface area contributed by atoms with Crippen LogP contribution in [0.15, 0.2) is 24.3 Å². The molecule has 4 N–H and O–H groups in total. The fourth-order valence-corrected chi connectivity index (χ4v) is 4.14. The van der Waals surface area contributed by atoms with Crippen molar-refractivity contribution < 1.29 is 0 Å². The van der Waals surface area contributed by atoms with E-state index in [1.54, 1.807) is 13.0 Å². The first-order valence-corrected chi connectivity index (χ1v) is 12.4. The van der Waals surface area contributed by atoms with E-state index in [2.05, 4.69) is 46.4 Å². The van der Waals surface area contributed by atoms with Crippen LogP contribution < -0.4 is 5.73 Å². The lowest BCUT2D eigenvalue weighted by molar-refractivity contribution is 0.921. The Bertz CT molecular complexity index is 1210. The zero-order valence-corrected chi connectivity index (χ0v) is 21.7. The normalized spacial score (nSPS) is 14.5. The van der Waals surface area contributed by atoms with E-state index >= 15 is 0 Å². The van der Waals surface area contributed by atoms with Crippen LogP contribution in [0.5, 0.6) is 0 Å². The maximum absolute atomic E-state index is 5.83. The molecule has 2 saturated carbocycles. The van der Waals surface area contributed by atoms with Gasteiger partial charge in [-0.3, -0.25) is 10.2 Å². The second-order valence-corrected chi connectivity index (χ2v) is 9.73. The SMILES string of the molecule is Cc1cc(Cc2cc(C3CC3)n[nH]2)nc(Cl)n1.Cc1cc(Cl)nc(Cl)n1.Nc1cc(C2CC2)[nH]n1. The summed E-state index contributed by atoms with van der Waals surface area (Å²) in [5.41, 5.74) is 11.5. The van der Waals surface area contributed by atoms with Gasteiger partial charge in [0.25, 0.3) is 0 Å². The van der Waals surface area contributed by atoms with Crippen LogP contribution in [0.3, 0.4) is 0 Å². The molecule has 6 rings (SSSR count). The van der Waals surface area contributed by atoms with Crippen molar-refractivity contribution in [1.29, 1.82) is 0 Å². The zero-order valence-electron chi connectivity index (χ0n) is 19.4. The van der Waals surface area contributed by atoms with Gasteiger partial charge in [0, 0.05) is 47.1 Å². The first-order chi connectivity index (χ1) is 16.7. The van der Waals surface area contributed by atoms with Crippen LogP contribution in [0, 0.1) is 13.8 Å². The van der Waals surface area contributed by atoms with E-state index in [0.29, 0.717) is 22.2 Å². The summed E-state index contributed by atoms with van der Waals surface area (Å²) in [7, 11) is 0. The molecule has 35 heavy (non-hydrogen) atoms. The van der Waals surface area contributed by atoms with Gasteiger partial charge in [0.05, 0.1) is 11.4 Å². The number of rotatable bonds is 4. The lowest BCUT2D eigenvalue weighted by Gasteiger charge is -2.00. The van der Waals surface area contributed by atoms with Crippen molar-refractivity contribution in [2.75, 3.05) is 5.73 Å². The number of nitrogens with one attached hydrogen (secondary N) is 2. The summed E-state index contributed by atoms with van der Waals surface area (Å²) in [5.74, 6) is 2.02. The number of nitrogen functional groups attached to an aromatic ring is 1. The summed E-state index contributed by atoms with van der Waals surface area (Å²) in [6, 6.07) is 7.64. The van der Waals surface area contributed by atoms with Gasteiger partial charge in [-0.25, -0.2) is 19.9 Å². The quantitative estimate of drug-likeness (QED) is 0.229. The second kappa shape index (κ2) is 11.3. The van der Waals surface area contributed by atoms with Gasteiger partial charge in [0.15, 0.2) is 0 Å². The summed E-state index contributed by atoms with van der Waals surface area (Å²) in [6.45, 7) is 3.72. The molecule has 4 aromatic heterocycles. The highest BCUT2D eigenvalue weighted by Gasteiger charge is 2.26. The third-order valence-corrected chi connectivity index (χ3v) is 5.86. The van der Waals surface area contributed by atoms with E-state index in [9.17, 15) is 0 Å². The van der Waals surface area contributed by atoms with Crippen molar-refractivity contribution in [2.24, 2.45) is 0 Å². The molecule has 0 aromatic carbocycles. The molecule has 9 nitrogen and oxygen atoms in total. The molecule has 12 heteroatoms. The third-order valence-electron chi connectivity index (χ3n) is 5.33. The van der Waals surface area contributed by atoms with E-state index in [4.69, 9.17) is 40.5 Å². The topological polar surface area (TPSA) is 135 Å². The monoisotopic (exact) mass is 533 g/mol. The zero-order chi connectivity index (χ0) is 24.9. The molecule has 0 aliphatic heterocycles. The Kier molecular flexibility index (Phi) is 8.20. The van der Waals surface area contributed by atoms with E-state index in [1.165, 1.54) is 37.1 Å². The van der Waals surface area contributed by atoms with Crippen molar-refractivity contribution in [3.8, 4) is 0 Å². The van der Waals surface area contributed by atoms with Crippen LogP contribution >= 0.6 is 34.8 Å². The fraction of sp³-hybridized carbons (Fsp3) is 0.391. The van der Waals surface area contributed by atoms with Gasteiger partial charge in [-0.05, 0) is 80.9 Å². The summed E-state index contributed by atoms with van der Waals surface area (Å²) in [6.07, 6.45) is 5.84. The molecule has 4 heterocycles. The Hall–Kier alpha value is -2.75. The number of anilines is 1. The molecule has 0 spiro atoms. The summed E-state index contributed by atoms with van der Waals surface area (Å²) < 4.78 is 0. The van der Waals surface area contributed by atoms with Crippen molar-refractivity contribution >= 4 is 40.6 Å². The number of hydrogen-bond donors (Lipinski definition) is 3. The molecule has 0 radical (unpaired) electrons. The van der Waals surface area contributed by atoms with E-state index in [-0.39, 0.29) is 5.28 Å². The second-order valence-electron chi connectivity index (χ2n) is 8.66. The lowest BCUT2D eigenvalue weighted by atomic mass is 10.2. The van der Waals surface area contributed by atoms with Crippen molar-refractivity contribution in [2.45, 2.75) is 57.8 Å². The molecule has 4 aromatic rings. The number of nitrogens with zero attached hydrogens (tertiary/aromatic N) is 6. The van der Waals surface area contributed by atoms with Crippen LogP contribution in [0.1, 0.15) is 71.7 Å². The molecule has 184 valence electrons. The van der Waals surface area contributed by atoms with Crippen LogP contribution in [0.2, 0.25) is 15.7 Å². The van der Waals surface area contributed by atoms with Gasteiger partial charge in [-0.15, -0.1) is 0 Å². The Morgan fingerprint density at radius 2 is 1.46 bits per heavy atom. The predicted molar refractivity (Wildman–Crippen MR) is 137 cm³/mol. The summed E-state index contributed by atoms with van der Waals surface area (Å²) >= 11 is 16.8. The standard InChI is InChI=1S/C12H13ClN4.C6H9N3.C5H4Cl2N2/c1-7-4-9(15-12(13)14-7)5-10-6-11(17-16-10)8-2-3-8;7-6-3-5(8-9-6)4-1-2-4;1-3-2-4(6)9-5(7)8-3/h4,6,8H,2-3,5H2,1H3,(H,16,17);3-4H,1-2H2,(H3,7,8,9);2H,1H3. The smallest absolute Gasteiger partial charge is 0.223 e. The molecule has 0 bridgehead atoms. The fourth-order valence-electron chi connectivity index (χ4n) is 3.39. The van der Waals surface area contributed by atoms with Crippen LogP contribution in [-0.2, 0) is 6.42 Å². The van der Waals surface area contributed by atoms with E-state index < -0.39 is 0 Å². The van der Waals surface area contributed by atoms with Gasteiger partial charge in [0.2, 0.25) is 10.6 Å². The highest BCUT2D eigenvalue weighted by molar-refractivity contribution is 6.31. The van der Waals surface area contributed by atoms with Gasteiger partial charge < -0.3 is 5.73 Å². The Morgan fingerprint density at radius 1 is 0.800 bits per heavy atom. The maximum atomic E-state index is 5.83. The van der Waals surface area contributed by atoms with Crippen molar-refractivity contribution in [3.63, 3.8) is 0 Å². The number of hydrogen-bond acceptors (Lipinski definition) is 7. The van der Waals surface area contributed by atoms with E-state index in [0.717, 1.165) is 35.1 Å². The molecule has 0 atom stereocenters. The van der Waals surface area contributed by atoms with Crippen molar-refractivity contribution in [1.82, 2.24) is 40.3 Å². The first-order valence-electron chi connectivity index (χ1n) is 11.3. The molecular formula is C23H26Cl3N9.